The maximum Gasteiger partial charge on any atom is 0.273 e. The van der Waals surface area contributed by atoms with E-state index in [1.807, 2.05) is 31.2 Å². The first-order valence-corrected chi connectivity index (χ1v) is 9.26. The number of carbonyl (C=O) groups is 1. The van der Waals surface area contributed by atoms with Crippen molar-refractivity contribution in [3.63, 3.8) is 0 Å². The topological polar surface area (TPSA) is 76.9 Å². The van der Waals surface area contributed by atoms with E-state index in [0.717, 1.165) is 22.7 Å². The molecule has 0 unspecified atom stereocenters. The number of fused-ring (bicyclic) bond motifs is 1. The van der Waals surface area contributed by atoms with Crippen molar-refractivity contribution in [2.24, 2.45) is 0 Å². The van der Waals surface area contributed by atoms with Crippen LogP contribution >= 0.6 is 11.5 Å². The Balaban J connectivity index is 1.62. The van der Waals surface area contributed by atoms with E-state index in [0.29, 0.717) is 21.6 Å². The van der Waals surface area contributed by atoms with Gasteiger partial charge in [0.05, 0.1) is 6.33 Å². The zero-order valence-electron chi connectivity index (χ0n) is 14.8. The molecule has 2 heterocycles. The second kappa shape index (κ2) is 7.32. The third-order valence-corrected chi connectivity index (χ3v) is 4.99. The van der Waals surface area contributed by atoms with Crippen LogP contribution in [0.4, 0.5) is 10.1 Å². The summed E-state index contributed by atoms with van der Waals surface area (Å²) in [6, 6.07) is 13.4. The van der Waals surface area contributed by atoms with E-state index in [4.69, 9.17) is 0 Å². The van der Waals surface area contributed by atoms with Gasteiger partial charge in [0.25, 0.3) is 5.56 Å². The Bertz CT molecular complexity index is 1250. The number of carbonyl (C=O) groups excluding carboxylic acids is 1. The van der Waals surface area contributed by atoms with E-state index < -0.39 is 11.7 Å². The highest BCUT2D eigenvalue weighted by molar-refractivity contribution is 7.13. The molecule has 6 nitrogen and oxygen atoms in total. The van der Waals surface area contributed by atoms with E-state index >= 15 is 0 Å². The number of halogens is 1. The predicted octanol–water partition coefficient (Wildman–Crippen LogP) is 3.61. The van der Waals surface area contributed by atoms with Gasteiger partial charge in [0.15, 0.2) is 0 Å². The average molecular weight is 394 g/mol. The van der Waals surface area contributed by atoms with Crippen molar-refractivity contribution in [1.82, 2.24) is 13.9 Å². The maximum atomic E-state index is 13.2. The highest BCUT2D eigenvalue weighted by Crippen LogP contribution is 2.27. The maximum absolute atomic E-state index is 13.2. The number of anilines is 1. The van der Waals surface area contributed by atoms with Crippen molar-refractivity contribution in [1.29, 1.82) is 0 Å². The molecule has 0 aliphatic carbocycles. The molecule has 0 aliphatic heterocycles. The molecule has 2 aromatic heterocycles. The summed E-state index contributed by atoms with van der Waals surface area (Å²) in [7, 11) is 0. The zero-order valence-corrected chi connectivity index (χ0v) is 15.7. The van der Waals surface area contributed by atoms with Crippen molar-refractivity contribution < 1.29 is 9.18 Å². The van der Waals surface area contributed by atoms with Crippen molar-refractivity contribution >= 4 is 33.3 Å². The lowest BCUT2D eigenvalue weighted by Gasteiger charge is -2.07. The third-order valence-electron chi connectivity index (χ3n) is 4.16. The summed E-state index contributed by atoms with van der Waals surface area (Å²) >= 11 is 1.06. The minimum absolute atomic E-state index is 0.226. The van der Waals surface area contributed by atoms with E-state index in [1.165, 1.54) is 29.1 Å². The molecule has 0 fully saturated rings. The van der Waals surface area contributed by atoms with Gasteiger partial charge in [-0.15, -0.1) is 0 Å². The Labute approximate surface area is 163 Å². The van der Waals surface area contributed by atoms with Crippen LogP contribution in [0.15, 0.2) is 59.7 Å². The first-order chi connectivity index (χ1) is 13.5. The summed E-state index contributed by atoms with van der Waals surface area (Å²) in [5.41, 5.74) is 3.13. The number of aromatic nitrogens is 3. The highest BCUT2D eigenvalue weighted by Gasteiger charge is 2.15. The molecule has 2 aromatic carbocycles. The van der Waals surface area contributed by atoms with Gasteiger partial charge in [-0.05, 0) is 42.7 Å². The molecular weight excluding hydrogens is 379 g/mol. The fourth-order valence-electron chi connectivity index (χ4n) is 2.87. The third kappa shape index (κ3) is 3.54. The lowest BCUT2D eigenvalue weighted by atomic mass is 10.1. The standard InChI is InChI=1S/C20H15FN4O2S/c1-12-4-2-5-13(8-12)17-18-19(28-24-17)20(27)25(11-22-18)10-16(26)23-15-7-3-6-14(21)9-15/h2-9,11H,10H2,1H3,(H,23,26). The van der Waals surface area contributed by atoms with Crippen LogP contribution in [0.25, 0.3) is 21.5 Å². The molecule has 140 valence electrons. The van der Waals surface area contributed by atoms with Crippen LogP contribution in [0.5, 0.6) is 0 Å². The normalized spacial score (nSPS) is 10.9. The second-order valence-electron chi connectivity index (χ2n) is 6.31. The summed E-state index contributed by atoms with van der Waals surface area (Å²) in [5, 5.41) is 2.57. The van der Waals surface area contributed by atoms with Gasteiger partial charge in [0, 0.05) is 11.3 Å². The van der Waals surface area contributed by atoms with Gasteiger partial charge in [0.2, 0.25) is 5.91 Å². The zero-order chi connectivity index (χ0) is 19.7. The molecule has 4 aromatic rings. The number of benzene rings is 2. The molecule has 28 heavy (non-hydrogen) atoms. The monoisotopic (exact) mass is 394 g/mol. The van der Waals surface area contributed by atoms with Gasteiger partial charge in [-0.3, -0.25) is 14.2 Å². The van der Waals surface area contributed by atoms with Crippen molar-refractivity contribution in [3.05, 3.63) is 76.6 Å². The summed E-state index contributed by atoms with van der Waals surface area (Å²) in [6.07, 6.45) is 1.34. The van der Waals surface area contributed by atoms with Gasteiger partial charge in [-0.25, -0.2) is 9.37 Å². The van der Waals surface area contributed by atoms with Crippen LogP contribution in [-0.2, 0) is 11.3 Å². The quantitative estimate of drug-likeness (QED) is 0.574. The summed E-state index contributed by atoms with van der Waals surface area (Å²) < 4.78 is 19.2. The summed E-state index contributed by atoms with van der Waals surface area (Å²) in [4.78, 5) is 29.3. The molecule has 0 aliphatic rings. The van der Waals surface area contributed by atoms with Crippen LogP contribution in [0, 0.1) is 12.7 Å². The van der Waals surface area contributed by atoms with E-state index in [2.05, 4.69) is 14.7 Å². The molecule has 0 bridgehead atoms. The van der Waals surface area contributed by atoms with Gasteiger partial charge in [-0.2, -0.15) is 4.37 Å². The minimum Gasteiger partial charge on any atom is -0.324 e. The number of hydrogen-bond acceptors (Lipinski definition) is 5. The fourth-order valence-corrected chi connectivity index (χ4v) is 3.68. The number of nitrogens with zero attached hydrogens (tertiary/aromatic N) is 3. The lowest BCUT2D eigenvalue weighted by Crippen LogP contribution is -2.27. The number of hydrogen-bond donors (Lipinski definition) is 1. The Morgan fingerprint density at radius 3 is 2.82 bits per heavy atom. The van der Waals surface area contributed by atoms with Crippen LogP contribution in [0.1, 0.15) is 5.56 Å². The number of rotatable bonds is 4. The molecule has 1 amide bonds. The molecule has 0 atom stereocenters. The molecule has 0 saturated heterocycles. The van der Waals surface area contributed by atoms with Crippen molar-refractivity contribution in [3.8, 4) is 11.3 Å². The molecule has 0 spiro atoms. The van der Waals surface area contributed by atoms with E-state index in [-0.39, 0.29) is 12.1 Å². The Hall–Kier alpha value is -3.39. The number of amides is 1. The van der Waals surface area contributed by atoms with Gasteiger partial charge >= 0.3 is 0 Å². The summed E-state index contributed by atoms with van der Waals surface area (Å²) in [5.74, 6) is -0.899. The molecule has 8 heteroatoms. The SMILES string of the molecule is Cc1cccc(-c2nsc3c(=O)n(CC(=O)Nc4cccc(F)c4)cnc23)c1. The minimum atomic E-state index is -0.452. The smallest absolute Gasteiger partial charge is 0.273 e. The Morgan fingerprint density at radius 1 is 1.21 bits per heavy atom. The second-order valence-corrected chi connectivity index (χ2v) is 7.09. The van der Waals surface area contributed by atoms with Crippen molar-refractivity contribution in [2.75, 3.05) is 5.32 Å². The molecule has 4 rings (SSSR count). The molecule has 1 N–H and O–H groups in total. The fraction of sp³-hybridized carbons (Fsp3) is 0.100. The van der Waals surface area contributed by atoms with Crippen LogP contribution in [-0.4, -0.2) is 19.8 Å². The van der Waals surface area contributed by atoms with Crippen LogP contribution < -0.4 is 10.9 Å². The number of nitrogens with one attached hydrogen (secondary N) is 1. The average Bonchev–Trinajstić information content (AvgIpc) is 3.09. The Morgan fingerprint density at radius 2 is 2.04 bits per heavy atom. The van der Waals surface area contributed by atoms with E-state index in [1.54, 1.807) is 6.07 Å². The summed E-state index contributed by atoms with van der Waals surface area (Å²) in [6.45, 7) is 1.76. The van der Waals surface area contributed by atoms with E-state index in [9.17, 15) is 14.0 Å². The molecular formula is C20H15FN4O2S. The van der Waals surface area contributed by atoms with Crippen molar-refractivity contribution in [2.45, 2.75) is 13.5 Å². The van der Waals surface area contributed by atoms with Crippen LogP contribution in [0.3, 0.4) is 0 Å². The largest absolute Gasteiger partial charge is 0.324 e. The molecule has 0 radical (unpaired) electrons. The molecule has 0 saturated carbocycles. The predicted molar refractivity (Wildman–Crippen MR) is 107 cm³/mol. The van der Waals surface area contributed by atoms with Gasteiger partial charge < -0.3 is 5.32 Å². The highest BCUT2D eigenvalue weighted by atomic mass is 32.1. The first-order valence-electron chi connectivity index (χ1n) is 8.48. The van der Waals surface area contributed by atoms with Gasteiger partial charge in [-0.1, -0.05) is 29.8 Å². The number of aryl methyl sites for hydroxylation is 1. The van der Waals surface area contributed by atoms with Crippen LogP contribution in [0.2, 0.25) is 0 Å². The van der Waals surface area contributed by atoms with Gasteiger partial charge in [0.1, 0.15) is 28.3 Å². The lowest BCUT2D eigenvalue weighted by molar-refractivity contribution is -0.116. The Kier molecular flexibility index (Phi) is 4.70. The first kappa shape index (κ1) is 18.0.